The number of carbonyl (C=O) groups excluding carboxylic acids is 3. The van der Waals surface area contributed by atoms with Crippen molar-refractivity contribution in [2.24, 2.45) is 0 Å². The molecule has 15 heteroatoms. The van der Waals surface area contributed by atoms with E-state index in [0.717, 1.165) is 16.7 Å². The van der Waals surface area contributed by atoms with Gasteiger partial charge in [0.05, 0.1) is 12.2 Å². The third-order valence-corrected chi connectivity index (χ3v) is 6.01. The molecule has 2 aromatic carbocycles. The number of hydrogen-bond acceptors (Lipinski definition) is 13. The van der Waals surface area contributed by atoms with Crippen molar-refractivity contribution in [1.29, 1.82) is 0 Å². The number of hydrogen-bond donors (Lipinski definition) is 5. The average molecular weight is 571 g/mol. The molecule has 0 bridgehead atoms. The Bertz CT molecular complexity index is 1470. The van der Waals surface area contributed by atoms with Gasteiger partial charge in [0.15, 0.2) is 36.2 Å². The summed E-state index contributed by atoms with van der Waals surface area (Å²) in [5.74, 6) is -5.08. The third kappa shape index (κ3) is 6.43. The highest BCUT2D eigenvalue weighted by atomic mass is 16.6. The minimum atomic E-state index is -1.24. The van der Waals surface area contributed by atoms with Crippen molar-refractivity contribution in [3.8, 4) is 17.2 Å². The lowest BCUT2D eigenvalue weighted by Crippen LogP contribution is -2.41. The van der Waals surface area contributed by atoms with Gasteiger partial charge in [-0.25, -0.2) is 14.4 Å². The van der Waals surface area contributed by atoms with E-state index in [0.29, 0.717) is 5.56 Å². The number of aliphatic hydroxyl groups excluding tert-OH is 1. The van der Waals surface area contributed by atoms with Gasteiger partial charge in [0.25, 0.3) is 5.91 Å². The lowest BCUT2D eigenvalue weighted by molar-refractivity contribution is -0.161. The Morgan fingerprint density at radius 2 is 1.71 bits per heavy atom. The maximum atomic E-state index is 12.8. The highest BCUT2D eigenvalue weighted by Gasteiger charge is 2.48. The van der Waals surface area contributed by atoms with Crippen molar-refractivity contribution in [3.05, 3.63) is 76.3 Å². The van der Waals surface area contributed by atoms with Gasteiger partial charge in [0.2, 0.25) is 0 Å². The quantitative estimate of drug-likeness (QED) is 0.173. The summed E-state index contributed by atoms with van der Waals surface area (Å²) < 4.78 is 22.3. The normalized spacial score (nSPS) is 19.9. The molecule has 0 aliphatic carbocycles. The molecular weight excluding hydrogens is 546 g/mol. The first-order valence-corrected chi connectivity index (χ1v) is 12.0. The number of phenols is 3. The Balaban J connectivity index is 1.42. The monoisotopic (exact) mass is 571 g/mol. The Morgan fingerprint density at radius 3 is 2.32 bits per heavy atom. The zero-order chi connectivity index (χ0) is 29.7. The number of nitrogens with one attached hydrogen (secondary N) is 1. The van der Waals surface area contributed by atoms with Crippen LogP contribution in [-0.4, -0.2) is 86.5 Å². The fourth-order valence-electron chi connectivity index (χ4n) is 4.04. The SMILES string of the molecule is COC1C(OC(=O)COC(=O)c2cc(O)c(O)c(O)c2)C(CO)OC1n1ccc(NC(=O)c2ccccc2)nc1=O. The zero-order valence-corrected chi connectivity index (χ0v) is 21.4. The molecule has 1 saturated heterocycles. The molecule has 2 heterocycles. The predicted molar refractivity (Wildman–Crippen MR) is 136 cm³/mol. The van der Waals surface area contributed by atoms with E-state index >= 15 is 0 Å². The number of esters is 2. The van der Waals surface area contributed by atoms with Gasteiger partial charge in [-0.15, -0.1) is 0 Å². The average Bonchev–Trinajstić information content (AvgIpc) is 3.31. The Morgan fingerprint density at radius 1 is 1.02 bits per heavy atom. The standard InChI is InChI=1S/C26H25N3O12/c1-38-22-21(41-19(33)12-39-25(36)14-9-15(31)20(34)16(32)10-14)17(11-30)40-24(22)29-8-7-18(28-26(29)37)27-23(35)13-5-3-2-4-6-13/h2-10,17,21-22,24,30-32,34H,11-12H2,1H3,(H,27,28,35,37). The number of amides is 1. The van der Waals surface area contributed by atoms with Crippen LogP contribution in [0.1, 0.15) is 26.9 Å². The first-order valence-electron chi connectivity index (χ1n) is 12.0. The number of rotatable bonds is 9. The molecule has 4 rings (SSSR count). The van der Waals surface area contributed by atoms with E-state index in [9.17, 15) is 39.6 Å². The van der Waals surface area contributed by atoms with Crippen LogP contribution in [0.3, 0.4) is 0 Å². The summed E-state index contributed by atoms with van der Waals surface area (Å²) in [4.78, 5) is 53.7. The Labute approximate surface area is 231 Å². The lowest BCUT2D eigenvalue weighted by Gasteiger charge is -2.23. The highest BCUT2D eigenvalue weighted by molar-refractivity contribution is 6.03. The number of anilines is 1. The predicted octanol–water partition coefficient (Wildman–Crippen LogP) is 0.286. The van der Waals surface area contributed by atoms with E-state index in [1.165, 1.54) is 19.4 Å². The van der Waals surface area contributed by atoms with Crippen molar-refractivity contribution in [1.82, 2.24) is 9.55 Å². The topological polar surface area (TPSA) is 216 Å². The molecule has 4 atom stereocenters. The van der Waals surface area contributed by atoms with Gasteiger partial charge in [-0.3, -0.25) is 9.36 Å². The fourth-order valence-corrected chi connectivity index (χ4v) is 4.04. The van der Waals surface area contributed by atoms with Gasteiger partial charge >= 0.3 is 17.6 Å². The number of aliphatic hydroxyl groups is 1. The van der Waals surface area contributed by atoms with Crippen molar-refractivity contribution in [2.75, 3.05) is 25.6 Å². The van der Waals surface area contributed by atoms with Crippen LogP contribution in [0.4, 0.5) is 5.82 Å². The number of methoxy groups -OCH3 is 1. The van der Waals surface area contributed by atoms with Crippen molar-refractivity contribution >= 4 is 23.7 Å². The van der Waals surface area contributed by atoms with Gasteiger partial charge in [-0.2, -0.15) is 4.98 Å². The molecule has 1 aliphatic heterocycles. The highest BCUT2D eigenvalue weighted by Crippen LogP contribution is 2.36. The molecule has 3 aromatic rings. The fraction of sp³-hybridized carbons (Fsp3) is 0.269. The Kier molecular flexibility index (Phi) is 8.81. The van der Waals surface area contributed by atoms with Gasteiger partial charge < -0.3 is 44.7 Å². The smallest absolute Gasteiger partial charge is 0.351 e. The first-order chi connectivity index (χ1) is 19.6. The summed E-state index contributed by atoms with van der Waals surface area (Å²) in [5, 5.41) is 40.8. The summed E-state index contributed by atoms with van der Waals surface area (Å²) >= 11 is 0. The first kappa shape index (κ1) is 29.0. The van der Waals surface area contributed by atoms with Crippen LogP contribution < -0.4 is 11.0 Å². The summed E-state index contributed by atoms with van der Waals surface area (Å²) in [6.07, 6.45) is -3.40. The van der Waals surface area contributed by atoms with Crippen molar-refractivity contribution in [3.63, 3.8) is 0 Å². The van der Waals surface area contributed by atoms with Crippen molar-refractivity contribution in [2.45, 2.75) is 24.5 Å². The van der Waals surface area contributed by atoms with Crippen LogP contribution in [0.5, 0.6) is 17.2 Å². The second kappa shape index (κ2) is 12.5. The number of ether oxygens (including phenoxy) is 4. The van der Waals surface area contributed by atoms with Crippen LogP contribution in [0.15, 0.2) is 59.5 Å². The van der Waals surface area contributed by atoms with E-state index in [-0.39, 0.29) is 11.4 Å². The minimum Gasteiger partial charge on any atom is -0.504 e. The summed E-state index contributed by atoms with van der Waals surface area (Å²) in [6, 6.07) is 11.3. The third-order valence-electron chi connectivity index (χ3n) is 6.01. The lowest BCUT2D eigenvalue weighted by atomic mass is 10.1. The summed E-state index contributed by atoms with van der Waals surface area (Å²) in [7, 11) is 1.26. The van der Waals surface area contributed by atoms with E-state index in [1.54, 1.807) is 30.3 Å². The molecule has 15 nitrogen and oxygen atoms in total. The molecule has 216 valence electrons. The summed E-state index contributed by atoms with van der Waals surface area (Å²) in [5.41, 5.74) is -0.827. The van der Waals surface area contributed by atoms with Crippen LogP contribution in [0.2, 0.25) is 0 Å². The molecular formula is C26H25N3O12. The number of nitrogens with zero attached hydrogens (tertiary/aromatic N) is 2. The molecule has 1 amide bonds. The molecule has 4 unspecified atom stereocenters. The molecule has 0 saturated carbocycles. The van der Waals surface area contributed by atoms with Gasteiger partial charge in [-0.1, -0.05) is 18.2 Å². The van der Waals surface area contributed by atoms with Gasteiger partial charge in [0, 0.05) is 18.9 Å². The maximum absolute atomic E-state index is 12.8. The number of aromatic hydroxyl groups is 3. The van der Waals surface area contributed by atoms with Crippen LogP contribution in [0, 0.1) is 0 Å². The number of benzene rings is 2. The number of carbonyl (C=O) groups is 3. The van der Waals surface area contributed by atoms with Crippen LogP contribution in [-0.2, 0) is 23.7 Å². The second-order valence-corrected chi connectivity index (χ2v) is 8.66. The zero-order valence-electron chi connectivity index (χ0n) is 21.4. The summed E-state index contributed by atoms with van der Waals surface area (Å²) in [6.45, 7) is -1.54. The van der Waals surface area contributed by atoms with Crippen LogP contribution >= 0.6 is 0 Å². The second-order valence-electron chi connectivity index (χ2n) is 8.66. The molecule has 1 aliphatic rings. The largest absolute Gasteiger partial charge is 0.504 e. The van der Waals surface area contributed by atoms with E-state index < -0.39 is 78.5 Å². The molecule has 1 fully saturated rings. The van der Waals surface area contributed by atoms with Gasteiger partial charge in [-0.05, 0) is 30.3 Å². The van der Waals surface area contributed by atoms with E-state index in [1.807, 2.05) is 0 Å². The van der Waals surface area contributed by atoms with Crippen LogP contribution in [0.25, 0.3) is 0 Å². The molecule has 5 N–H and O–H groups in total. The molecule has 0 spiro atoms. The Hall–Kier alpha value is -4.99. The van der Waals surface area contributed by atoms with Gasteiger partial charge in [0.1, 0.15) is 18.0 Å². The minimum absolute atomic E-state index is 0.0224. The molecule has 0 radical (unpaired) electrons. The van der Waals surface area contributed by atoms with E-state index in [2.05, 4.69) is 10.3 Å². The number of phenolic OH excluding ortho intramolecular Hbond substituents is 3. The van der Waals surface area contributed by atoms with Crippen molar-refractivity contribution < 1.29 is 53.8 Å². The number of aromatic nitrogens is 2. The molecule has 41 heavy (non-hydrogen) atoms. The maximum Gasteiger partial charge on any atom is 0.351 e. The molecule has 1 aromatic heterocycles. The van der Waals surface area contributed by atoms with E-state index in [4.69, 9.17) is 18.9 Å².